The van der Waals surface area contributed by atoms with Crippen molar-refractivity contribution < 1.29 is 19.0 Å². The predicted molar refractivity (Wildman–Crippen MR) is 59.6 cm³/mol. The fourth-order valence-corrected chi connectivity index (χ4v) is 1.11. The lowest BCUT2D eigenvalue weighted by molar-refractivity contribution is -0.136. The SMILES string of the molecule is CCOC(=O)C#CCOC(CBr)OCC. The highest BCUT2D eigenvalue weighted by Crippen LogP contribution is 1.98. The third-order valence-electron chi connectivity index (χ3n) is 1.29. The normalized spacial score (nSPS) is 11.4. The number of ether oxygens (including phenoxy) is 3. The predicted octanol–water partition coefficient (Wildman–Crippen LogP) is 1.33. The summed E-state index contributed by atoms with van der Waals surface area (Å²) in [7, 11) is 0. The lowest BCUT2D eigenvalue weighted by Crippen LogP contribution is -2.19. The second kappa shape index (κ2) is 9.97. The van der Waals surface area contributed by atoms with E-state index in [1.165, 1.54) is 0 Å². The van der Waals surface area contributed by atoms with E-state index in [0.717, 1.165) is 0 Å². The molecule has 0 saturated heterocycles. The van der Waals surface area contributed by atoms with Crippen LogP contribution in [0, 0.1) is 11.8 Å². The van der Waals surface area contributed by atoms with E-state index in [-0.39, 0.29) is 12.9 Å². The van der Waals surface area contributed by atoms with Crippen molar-refractivity contribution in [2.24, 2.45) is 0 Å². The van der Waals surface area contributed by atoms with Gasteiger partial charge in [0.1, 0.15) is 6.61 Å². The maximum atomic E-state index is 10.8. The first-order valence-corrected chi connectivity index (χ1v) is 5.81. The minimum Gasteiger partial charge on any atom is -0.456 e. The summed E-state index contributed by atoms with van der Waals surface area (Å²) in [6.45, 7) is 4.66. The van der Waals surface area contributed by atoms with Gasteiger partial charge in [-0.15, -0.1) is 0 Å². The molecular formula is C10H15BrO4. The maximum Gasteiger partial charge on any atom is 0.384 e. The van der Waals surface area contributed by atoms with Crippen LogP contribution >= 0.6 is 15.9 Å². The fourth-order valence-electron chi connectivity index (χ4n) is 0.733. The summed E-state index contributed by atoms with van der Waals surface area (Å²) in [5.41, 5.74) is 0. The summed E-state index contributed by atoms with van der Waals surface area (Å²) >= 11 is 3.23. The number of alkyl halides is 1. The molecule has 0 bridgehead atoms. The Morgan fingerprint density at radius 3 is 2.60 bits per heavy atom. The topological polar surface area (TPSA) is 44.8 Å². The quantitative estimate of drug-likeness (QED) is 0.242. The lowest BCUT2D eigenvalue weighted by Gasteiger charge is -2.12. The van der Waals surface area contributed by atoms with E-state index < -0.39 is 5.97 Å². The highest BCUT2D eigenvalue weighted by Gasteiger charge is 2.04. The van der Waals surface area contributed by atoms with E-state index in [1.54, 1.807) is 6.92 Å². The van der Waals surface area contributed by atoms with Gasteiger partial charge in [0.25, 0.3) is 0 Å². The molecule has 0 aliphatic rings. The van der Waals surface area contributed by atoms with Crippen LogP contribution in [0.3, 0.4) is 0 Å². The molecule has 0 aliphatic heterocycles. The van der Waals surface area contributed by atoms with Gasteiger partial charge >= 0.3 is 5.97 Å². The molecule has 1 unspecified atom stereocenters. The standard InChI is InChI=1S/C10H15BrO4/c1-3-13-9(12)6-5-7-15-10(8-11)14-4-2/h10H,3-4,7-8H2,1-2H3. The number of hydrogen-bond donors (Lipinski definition) is 0. The molecule has 86 valence electrons. The third-order valence-corrected chi connectivity index (χ3v) is 1.81. The van der Waals surface area contributed by atoms with Crippen LogP contribution in [-0.2, 0) is 19.0 Å². The number of rotatable bonds is 6. The minimum atomic E-state index is -0.534. The van der Waals surface area contributed by atoms with E-state index in [0.29, 0.717) is 18.5 Å². The molecule has 15 heavy (non-hydrogen) atoms. The van der Waals surface area contributed by atoms with Crippen LogP contribution in [0.15, 0.2) is 0 Å². The minimum absolute atomic E-state index is 0.148. The molecule has 0 amide bonds. The van der Waals surface area contributed by atoms with Gasteiger partial charge < -0.3 is 14.2 Å². The van der Waals surface area contributed by atoms with Gasteiger partial charge in [0, 0.05) is 12.5 Å². The van der Waals surface area contributed by atoms with Gasteiger partial charge in [-0.05, 0) is 13.8 Å². The summed E-state index contributed by atoms with van der Waals surface area (Å²) < 4.78 is 15.0. The molecule has 0 aromatic carbocycles. The molecule has 5 heteroatoms. The van der Waals surface area contributed by atoms with Crippen LogP contribution in [0.25, 0.3) is 0 Å². The molecule has 0 aromatic heterocycles. The van der Waals surface area contributed by atoms with Crippen LogP contribution < -0.4 is 0 Å². The smallest absolute Gasteiger partial charge is 0.384 e. The Morgan fingerprint density at radius 2 is 2.07 bits per heavy atom. The van der Waals surface area contributed by atoms with E-state index in [2.05, 4.69) is 32.5 Å². The number of halogens is 1. The molecule has 4 nitrogen and oxygen atoms in total. The molecule has 1 atom stereocenters. The maximum absolute atomic E-state index is 10.8. The Hall–Kier alpha value is -0.570. The average molecular weight is 279 g/mol. The van der Waals surface area contributed by atoms with Gasteiger partial charge in [-0.1, -0.05) is 21.9 Å². The molecule has 0 heterocycles. The van der Waals surface area contributed by atoms with Gasteiger partial charge in [0.15, 0.2) is 6.29 Å². The van der Waals surface area contributed by atoms with Crippen LogP contribution in [-0.4, -0.2) is 37.4 Å². The zero-order valence-electron chi connectivity index (χ0n) is 8.92. The van der Waals surface area contributed by atoms with Crippen LogP contribution in [0.5, 0.6) is 0 Å². The van der Waals surface area contributed by atoms with Crippen molar-refractivity contribution in [1.82, 2.24) is 0 Å². The lowest BCUT2D eigenvalue weighted by atomic mass is 10.6. The molecule has 0 aromatic rings. The first-order chi connectivity index (χ1) is 7.24. The Kier molecular flexibility index (Phi) is 9.59. The fraction of sp³-hybridized carbons (Fsp3) is 0.700. The molecule has 0 fully saturated rings. The summed E-state index contributed by atoms with van der Waals surface area (Å²) in [5.74, 6) is 4.31. The molecule has 0 N–H and O–H groups in total. The Balaban J connectivity index is 3.70. The summed E-state index contributed by atoms with van der Waals surface area (Å²) in [6.07, 6.45) is -0.327. The van der Waals surface area contributed by atoms with E-state index >= 15 is 0 Å². The van der Waals surface area contributed by atoms with Gasteiger partial charge in [-0.25, -0.2) is 4.79 Å². The first-order valence-electron chi connectivity index (χ1n) is 4.69. The number of esters is 1. The molecular weight excluding hydrogens is 264 g/mol. The summed E-state index contributed by atoms with van der Waals surface area (Å²) in [4.78, 5) is 10.8. The Labute approximate surface area is 98.4 Å². The largest absolute Gasteiger partial charge is 0.456 e. The van der Waals surface area contributed by atoms with Crippen molar-refractivity contribution in [3.8, 4) is 11.8 Å². The van der Waals surface area contributed by atoms with Crippen molar-refractivity contribution in [3.63, 3.8) is 0 Å². The highest BCUT2D eigenvalue weighted by molar-refractivity contribution is 9.09. The summed E-state index contributed by atoms with van der Waals surface area (Å²) in [5, 5.41) is 0.571. The second-order valence-electron chi connectivity index (χ2n) is 2.37. The zero-order chi connectivity index (χ0) is 11.5. The molecule has 0 rings (SSSR count). The zero-order valence-corrected chi connectivity index (χ0v) is 10.5. The van der Waals surface area contributed by atoms with Crippen molar-refractivity contribution in [2.45, 2.75) is 20.1 Å². The molecule has 0 radical (unpaired) electrons. The van der Waals surface area contributed by atoms with Crippen LogP contribution in [0.4, 0.5) is 0 Å². The van der Waals surface area contributed by atoms with Gasteiger partial charge in [0.05, 0.1) is 11.9 Å². The van der Waals surface area contributed by atoms with Crippen LogP contribution in [0.1, 0.15) is 13.8 Å². The monoisotopic (exact) mass is 278 g/mol. The second-order valence-corrected chi connectivity index (χ2v) is 3.02. The number of carbonyl (C=O) groups excluding carboxylic acids is 1. The van der Waals surface area contributed by atoms with Gasteiger partial charge in [0.2, 0.25) is 0 Å². The van der Waals surface area contributed by atoms with E-state index in [4.69, 9.17) is 9.47 Å². The van der Waals surface area contributed by atoms with Crippen molar-refractivity contribution in [2.75, 3.05) is 25.2 Å². The number of carbonyl (C=O) groups is 1. The van der Waals surface area contributed by atoms with Gasteiger partial charge in [-0.3, -0.25) is 0 Å². The van der Waals surface area contributed by atoms with Crippen molar-refractivity contribution in [3.05, 3.63) is 0 Å². The van der Waals surface area contributed by atoms with E-state index in [9.17, 15) is 4.79 Å². The highest BCUT2D eigenvalue weighted by atomic mass is 79.9. The average Bonchev–Trinajstić information content (AvgIpc) is 2.23. The molecule has 0 aliphatic carbocycles. The van der Waals surface area contributed by atoms with Crippen LogP contribution in [0.2, 0.25) is 0 Å². The van der Waals surface area contributed by atoms with Crippen molar-refractivity contribution >= 4 is 21.9 Å². The first kappa shape index (κ1) is 14.4. The van der Waals surface area contributed by atoms with Gasteiger partial charge in [-0.2, -0.15) is 0 Å². The number of hydrogen-bond acceptors (Lipinski definition) is 4. The molecule has 0 saturated carbocycles. The van der Waals surface area contributed by atoms with E-state index in [1.807, 2.05) is 6.92 Å². The third kappa shape index (κ3) is 8.43. The molecule has 0 spiro atoms. The summed E-state index contributed by atoms with van der Waals surface area (Å²) in [6, 6.07) is 0. The Morgan fingerprint density at radius 1 is 1.33 bits per heavy atom. The van der Waals surface area contributed by atoms with Crippen molar-refractivity contribution in [1.29, 1.82) is 0 Å². The Bertz CT molecular complexity index is 231.